The molecule has 9 heteroatoms. The number of nitrogens with zero attached hydrogens (tertiary/aromatic N) is 2. The van der Waals surface area contributed by atoms with E-state index in [0.717, 1.165) is 38.5 Å². The summed E-state index contributed by atoms with van der Waals surface area (Å²) in [5.41, 5.74) is 5.44. The number of nitrogens with two attached hydrogens (primary N) is 2. The minimum Gasteiger partial charge on any atom is -0.494 e. The molecule has 0 bridgehead atoms. The van der Waals surface area contributed by atoms with Gasteiger partial charge < -0.3 is 21.6 Å². The van der Waals surface area contributed by atoms with E-state index in [4.69, 9.17) is 16.3 Å². The first-order valence-electron chi connectivity index (χ1n) is 10.8. The van der Waals surface area contributed by atoms with E-state index in [1.807, 2.05) is 0 Å². The summed E-state index contributed by atoms with van der Waals surface area (Å²) >= 11 is 0. The van der Waals surface area contributed by atoms with E-state index in [0.29, 0.717) is 28.2 Å². The predicted octanol–water partition coefficient (Wildman–Crippen LogP) is 1.14. The molecule has 0 radical (unpaired) electrons. The number of benzene rings is 1. The highest BCUT2D eigenvalue weighted by atomic mass is 19.1. The Morgan fingerprint density at radius 3 is 2.53 bits per heavy atom. The lowest BCUT2D eigenvalue weighted by molar-refractivity contribution is 0.243. The molecule has 3 fully saturated rings. The van der Waals surface area contributed by atoms with E-state index in [2.05, 4.69) is 5.32 Å². The number of nitrogen functional groups attached to an aromatic ring is 1. The molecule has 0 spiro atoms. The van der Waals surface area contributed by atoms with Crippen LogP contribution in [-0.2, 0) is 0 Å². The molecule has 162 valence electrons. The van der Waals surface area contributed by atoms with Gasteiger partial charge in [0.05, 0.1) is 12.5 Å². The molecule has 1 aromatic heterocycles. The van der Waals surface area contributed by atoms with Gasteiger partial charge in [-0.15, -0.1) is 0 Å². The lowest BCUT2D eigenvalue weighted by Gasteiger charge is -2.30. The minimum absolute atomic E-state index is 0.0571. The van der Waals surface area contributed by atoms with Crippen LogP contribution in [-0.4, -0.2) is 28.9 Å². The molecular weight excluding hydrogens is 389 g/mol. The molecule has 2 aliphatic carbocycles. The molecule has 5 N–H and O–H groups in total. The van der Waals surface area contributed by atoms with Crippen LogP contribution in [0.2, 0.25) is 0 Å². The van der Waals surface area contributed by atoms with Crippen LogP contribution in [0.15, 0.2) is 15.7 Å². The highest BCUT2D eigenvalue weighted by Crippen LogP contribution is 2.49. The van der Waals surface area contributed by atoms with Gasteiger partial charge in [0, 0.05) is 30.2 Å². The van der Waals surface area contributed by atoms with Crippen LogP contribution >= 0.6 is 0 Å². The normalized spacial score (nSPS) is 28.6. The Balaban J connectivity index is 1.79. The Morgan fingerprint density at radius 1 is 1.20 bits per heavy atom. The van der Waals surface area contributed by atoms with E-state index in [1.165, 1.54) is 17.7 Å². The van der Waals surface area contributed by atoms with Gasteiger partial charge in [-0.3, -0.25) is 9.36 Å². The Bertz CT molecular complexity index is 1120. The summed E-state index contributed by atoms with van der Waals surface area (Å²) in [7, 11) is 1.46. The van der Waals surface area contributed by atoms with Crippen LogP contribution in [0, 0.1) is 17.7 Å². The van der Waals surface area contributed by atoms with E-state index < -0.39 is 17.1 Å². The fourth-order valence-electron chi connectivity index (χ4n) is 5.75. The van der Waals surface area contributed by atoms with Gasteiger partial charge in [0.1, 0.15) is 11.3 Å². The molecule has 2 saturated carbocycles. The molecule has 2 heterocycles. The van der Waals surface area contributed by atoms with E-state index in [9.17, 15) is 9.59 Å². The fraction of sp³-hybridized carbons (Fsp3) is 0.619. The van der Waals surface area contributed by atoms with Gasteiger partial charge >= 0.3 is 5.69 Å². The van der Waals surface area contributed by atoms with Gasteiger partial charge in [-0.25, -0.2) is 9.18 Å². The summed E-state index contributed by atoms with van der Waals surface area (Å²) in [5, 5.41) is 3.61. The van der Waals surface area contributed by atoms with Gasteiger partial charge in [-0.1, -0.05) is 12.8 Å². The SMILES string of the molecule is COc1c(C2NC(CN)C3CCCCC23)c(F)cc2c(=O)n(N)c(=O)n(C3CC3)c12. The third-order valence-corrected chi connectivity index (χ3v) is 7.24. The molecule has 4 atom stereocenters. The van der Waals surface area contributed by atoms with Crippen LogP contribution in [0.3, 0.4) is 0 Å². The standard InChI is InChI=1S/C21H28FN5O3/c1-30-19-16(17-12-5-3-2-4-11(12)15(9-23)25-17)14(22)8-13-18(19)26(10-6-7-10)21(29)27(24)20(13)28/h8,10-12,15,17,25H,2-7,9,23-24H2,1H3. The van der Waals surface area contributed by atoms with Crippen molar-refractivity contribution in [3.8, 4) is 5.75 Å². The van der Waals surface area contributed by atoms with Gasteiger partial charge in [-0.05, 0) is 43.6 Å². The molecule has 1 saturated heterocycles. The number of rotatable bonds is 4. The Hall–Kier alpha value is -2.39. The molecule has 8 nitrogen and oxygen atoms in total. The number of hydrogen-bond donors (Lipinski definition) is 3. The van der Waals surface area contributed by atoms with Crippen LogP contribution in [0.5, 0.6) is 5.75 Å². The van der Waals surface area contributed by atoms with Gasteiger partial charge in [-0.2, -0.15) is 4.68 Å². The number of ether oxygens (including phenoxy) is 1. The van der Waals surface area contributed by atoms with E-state index in [-0.39, 0.29) is 35.2 Å². The zero-order valence-electron chi connectivity index (χ0n) is 17.1. The molecule has 1 aliphatic heterocycles. The first-order chi connectivity index (χ1) is 14.5. The van der Waals surface area contributed by atoms with Crippen molar-refractivity contribution in [2.45, 2.75) is 56.7 Å². The lowest BCUT2D eigenvalue weighted by atomic mass is 9.74. The number of hydrogen-bond acceptors (Lipinski definition) is 6. The first-order valence-corrected chi connectivity index (χ1v) is 10.8. The zero-order chi connectivity index (χ0) is 21.2. The van der Waals surface area contributed by atoms with Crippen molar-refractivity contribution >= 4 is 10.9 Å². The predicted molar refractivity (Wildman–Crippen MR) is 112 cm³/mol. The number of fused-ring (bicyclic) bond motifs is 2. The third kappa shape index (κ3) is 2.71. The molecule has 30 heavy (non-hydrogen) atoms. The zero-order valence-corrected chi connectivity index (χ0v) is 17.1. The number of nitrogens with one attached hydrogen (secondary N) is 1. The van der Waals surface area contributed by atoms with Crippen LogP contribution in [0.25, 0.3) is 10.9 Å². The number of methoxy groups -OCH3 is 1. The minimum atomic E-state index is -0.717. The van der Waals surface area contributed by atoms with Gasteiger partial charge in [0.15, 0.2) is 5.75 Å². The average Bonchev–Trinajstić information content (AvgIpc) is 3.52. The fourth-order valence-corrected chi connectivity index (χ4v) is 5.75. The largest absolute Gasteiger partial charge is 0.494 e. The molecule has 5 rings (SSSR count). The molecule has 0 amide bonds. The van der Waals surface area contributed by atoms with Crippen LogP contribution in [0.4, 0.5) is 4.39 Å². The lowest BCUT2D eigenvalue weighted by Crippen LogP contribution is -2.44. The van der Waals surface area contributed by atoms with Gasteiger partial charge in [0.2, 0.25) is 0 Å². The van der Waals surface area contributed by atoms with E-state index in [1.54, 1.807) is 0 Å². The first kappa shape index (κ1) is 19.6. The third-order valence-electron chi connectivity index (χ3n) is 7.24. The number of halogens is 1. The quantitative estimate of drug-likeness (QED) is 0.642. The van der Waals surface area contributed by atoms with Crippen molar-refractivity contribution in [1.82, 2.24) is 14.6 Å². The van der Waals surface area contributed by atoms with Crippen molar-refractivity contribution < 1.29 is 9.13 Å². The molecule has 1 aromatic carbocycles. The second-order valence-electron chi connectivity index (χ2n) is 8.86. The summed E-state index contributed by atoms with van der Waals surface area (Å²) in [5.74, 6) is 6.09. The molecule has 3 aliphatic rings. The average molecular weight is 417 g/mol. The smallest absolute Gasteiger partial charge is 0.350 e. The van der Waals surface area contributed by atoms with Crippen molar-refractivity contribution in [2.24, 2.45) is 17.6 Å². The summed E-state index contributed by atoms with van der Waals surface area (Å²) in [6, 6.07) is 0.999. The second kappa shape index (κ2) is 7.09. The summed E-state index contributed by atoms with van der Waals surface area (Å²) in [6.45, 7) is 0.486. The maximum Gasteiger partial charge on any atom is 0.350 e. The summed E-state index contributed by atoms with van der Waals surface area (Å²) in [6.07, 6.45) is 5.92. The van der Waals surface area contributed by atoms with Gasteiger partial charge in [0.25, 0.3) is 5.56 Å². The Kier molecular flexibility index (Phi) is 4.62. The van der Waals surface area contributed by atoms with Crippen molar-refractivity contribution in [3.63, 3.8) is 0 Å². The molecule has 2 aromatic rings. The van der Waals surface area contributed by atoms with Crippen LogP contribution < -0.4 is 32.9 Å². The maximum absolute atomic E-state index is 15.5. The summed E-state index contributed by atoms with van der Waals surface area (Å²) < 4.78 is 23.3. The topological polar surface area (TPSA) is 117 Å². The monoisotopic (exact) mass is 417 g/mol. The van der Waals surface area contributed by atoms with Crippen LogP contribution in [0.1, 0.15) is 56.2 Å². The maximum atomic E-state index is 15.5. The van der Waals surface area contributed by atoms with Crippen molar-refractivity contribution in [1.29, 1.82) is 0 Å². The highest BCUT2D eigenvalue weighted by molar-refractivity contribution is 5.86. The Labute approximate surface area is 173 Å². The van der Waals surface area contributed by atoms with Crippen molar-refractivity contribution in [2.75, 3.05) is 19.5 Å². The summed E-state index contributed by atoms with van der Waals surface area (Å²) in [4.78, 5) is 25.5. The molecular formula is C21H28FN5O3. The second-order valence-corrected chi connectivity index (χ2v) is 8.86. The number of aromatic nitrogens is 2. The van der Waals surface area contributed by atoms with Crippen molar-refractivity contribution in [3.05, 3.63) is 38.3 Å². The Morgan fingerprint density at radius 2 is 1.90 bits per heavy atom. The van der Waals surface area contributed by atoms with E-state index >= 15 is 4.39 Å². The highest BCUT2D eigenvalue weighted by Gasteiger charge is 2.46. The molecule has 4 unspecified atom stereocenters.